The maximum Gasteiger partial charge on any atom is 0.0137 e. The van der Waals surface area contributed by atoms with Crippen LogP contribution in [-0.4, -0.2) is 12.6 Å². The van der Waals surface area contributed by atoms with Gasteiger partial charge in [0.2, 0.25) is 0 Å². The Morgan fingerprint density at radius 3 is 2.77 bits per heavy atom. The molecule has 1 heteroatoms. The van der Waals surface area contributed by atoms with Crippen LogP contribution in [0.5, 0.6) is 0 Å². The van der Waals surface area contributed by atoms with E-state index in [1.54, 1.807) is 0 Å². The van der Waals surface area contributed by atoms with Gasteiger partial charge in [-0.25, -0.2) is 0 Å². The number of rotatable bonds is 7. The highest BCUT2D eigenvalue weighted by atomic mass is 14.9. The molecule has 0 bridgehead atoms. The van der Waals surface area contributed by atoms with Gasteiger partial charge >= 0.3 is 0 Å². The maximum atomic E-state index is 3.88. The van der Waals surface area contributed by atoms with E-state index in [0.29, 0.717) is 6.04 Å². The molecule has 0 spiro atoms. The van der Waals surface area contributed by atoms with E-state index in [4.69, 9.17) is 0 Å². The Morgan fingerprint density at radius 1 is 1.54 bits per heavy atom. The highest BCUT2D eigenvalue weighted by Gasteiger charge is 1.99. The predicted octanol–water partition coefficient (Wildman–Crippen LogP) is 3.06. The zero-order valence-corrected chi connectivity index (χ0v) is 8.84. The van der Waals surface area contributed by atoms with Crippen LogP contribution < -0.4 is 5.32 Å². The smallest absolute Gasteiger partial charge is 0.0137 e. The molecule has 0 aromatic heterocycles. The Kier molecular flexibility index (Phi) is 7.32. The SMILES string of the molecule is C=CC(=C)CCC(C)NC/C=C\C. The van der Waals surface area contributed by atoms with Crippen LogP contribution in [-0.2, 0) is 0 Å². The molecule has 1 atom stereocenters. The van der Waals surface area contributed by atoms with Crippen molar-refractivity contribution in [2.45, 2.75) is 32.7 Å². The molecule has 1 nitrogen and oxygen atoms in total. The Labute approximate surface area is 82.2 Å². The monoisotopic (exact) mass is 179 g/mol. The van der Waals surface area contributed by atoms with Crippen molar-refractivity contribution < 1.29 is 0 Å². The first kappa shape index (κ1) is 12.2. The van der Waals surface area contributed by atoms with Crippen LogP contribution in [0.2, 0.25) is 0 Å². The lowest BCUT2D eigenvalue weighted by Gasteiger charge is -2.11. The van der Waals surface area contributed by atoms with E-state index >= 15 is 0 Å². The van der Waals surface area contributed by atoms with E-state index in [1.165, 1.54) is 0 Å². The molecule has 13 heavy (non-hydrogen) atoms. The fourth-order valence-electron chi connectivity index (χ4n) is 0.993. The molecule has 1 N–H and O–H groups in total. The summed E-state index contributed by atoms with van der Waals surface area (Å²) in [5, 5.41) is 3.40. The van der Waals surface area contributed by atoms with Crippen molar-refractivity contribution in [3.63, 3.8) is 0 Å². The van der Waals surface area contributed by atoms with Gasteiger partial charge in [0.05, 0.1) is 0 Å². The third-order valence-corrected chi connectivity index (χ3v) is 2.01. The molecule has 0 fully saturated rings. The molecule has 74 valence electrons. The predicted molar refractivity (Wildman–Crippen MR) is 60.8 cm³/mol. The molecule has 0 amide bonds. The van der Waals surface area contributed by atoms with E-state index in [2.05, 4.69) is 37.6 Å². The highest BCUT2D eigenvalue weighted by Crippen LogP contribution is 2.05. The maximum absolute atomic E-state index is 3.88. The summed E-state index contributed by atoms with van der Waals surface area (Å²) in [4.78, 5) is 0. The number of hydrogen-bond donors (Lipinski definition) is 1. The molecule has 1 unspecified atom stereocenters. The van der Waals surface area contributed by atoms with Gasteiger partial charge < -0.3 is 5.32 Å². The average molecular weight is 179 g/mol. The molecule has 0 saturated heterocycles. The lowest BCUT2D eigenvalue weighted by Crippen LogP contribution is -2.25. The number of nitrogens with one attached hydrogen (secondary N) is 1. The number of hydrogen-bond acceptors (Lipinski definition) is 1. The fourth-order valence-corrected chi connectivity index (χ4v) is 0.993. The average Bonchev–Trinajstić information content (AvgIpc) is 2.14. The normalized spacial score (nSPS) is 13.1. The van der Waals surface area contributed by atoms with Crippen molar-refractivity contribution >= 4 is 0 Å². The summed E-state index contributed by atoms with van der Waals surface area (Å²) in [6, 6.07) is 0.549. The van der Waals surface area contributed by atoms with Crippen LogP contribution >= 0.6 is 0 Å². The first-order valence-electron chi connectivity index (χ1n) is 4.85. The van der Waals surface area contributed by atoms with E-state index in [0.717, 1.165) is 25.0 Å². The van der Waals surface area contributed by atoms with Gasteiger partial charge in [0.15, 0.2) is 0 Å². The van der Waals surface area contributed by atoms with Crippen molar-refractivity contribution in [2.24, 2.45) is 0 Å². The molecule has 0 radical (unpaired) electrons. The van der Waals surface area contributed by atoms with Crippen LogP contribution in [0.3, 0.4) is 0 Å². The molecule has 0 aliphatic heterocycles. The Bertz CT molecular complexity index is 180. The summed E-state index contributed by atoms with van der Waals surface area (Å²) in [6.07, 6.45) is 8.18. The van der Waals surface area contributed by atoms with Crippen molar-refractivity contribution in [3.05, 3.63) is 37.0 Å². The Balaban J connectivity index is 3.45. The van der Waals surface area contributed by atoms with Gasteiger partial charge in [-0.1, -0.05) is 37.0 Å². The minimum absolute atomic E-state index is 0.549. The Morgan fingerprint density at radius 2 is 2.23 bits per heavy atom. The molecular weight excluding hydrogens is 158 g/mol. The van der Waals surface area contributed by atoms with E-state index in [-0.39, 0.29) is 0 Å². The van der Waals surface area contributed by atoms with Gasteiger partial charge in [-0.05, 0) is 26.7 Å². The van der Waals surface area contributed by atoms with Gasteiger partial charge in [-0.15, -0.1) is 0 Å². The fraction of sp³-hybridized carbons (Fsp3) is 0.500. The van der Waals surface area contributed by atoms with Crippen molar-refractivity contribution in [1.29, 1.82) is 0 Å². The summed E-state index contributed by atoms with van der Waals surface area (Å²) in [6.45, 7) is 12.7. The second kappa shape index (κ2) is 7.81. The van der Waals surface area contributed by atoms with E-state index in [9.17, 15) is 0 Å². The quantitative estimate of drug-likeness (QED) is 0.468. The van der Waals surface area contributed by atoms with E-state index < -0.39 is 0 Å². The Hall–Kier alpha value is -0.820. The third-order valence-electron chi connectivity index (χ3n) is 2.01. The first-order chi connectivity index (χ1) is 6.20. The van der Waals surface area contributed by atoms with Gasteiger partial charge in [0, 0.05) is 12.6 Å². The van der Waals surface area contributed by atoms with Crippen LogP contribution in [0.4, 0.5) is 0 Å². The molecule has 0 rings (SSSR count). The van der Waals surface area contributed by atoms with Crippen molar-refractivity contribution in [3.8, 4) is 0 Å². The number of allylic oxidation sites excluding steroid dienone is 3. The zero-order chi connectivity index (χ0) is 10.1. The largest absolute Gasteiger partial charge is 0.311 e. The van der Waals surface area contributed by atoms with Gasteiger partial charge in [0.25, 0.3) is 0 Å². The van der Waals surface area contributed by atoms with Crippen molar-refractivity contribution in [1.82, 2.24) is 5.32 Å². The van der Waals surface area contributed by atoms with Crippen LogP contribution in [0.1, 0.15) is 26.7 Å². The lowest BCUT2D eigenvalue weighted by molar-refractivity contribution is 0.544. The molecular formula is C12H21N. The molecule has 0 aromatic carbocycles. The summed E-state index contributed by atoms with van der Waals surface area (Å²) in [5.41, 5.74) is 1.12. The van der Waals surface area contributed by atoms with E-state index in [1.807, 2.05) is 13.0 Å². The molecule has 0 heterocycles. The second-order valence-electron chi connectivity index (χ2n) is 3.28. The van der Waals surface area contributed by atoms with Crippen LogP contribution in [0.15, 0.2) is 37.0 Å². The van der Waals surface area contributed by atoms with Gasteiger partial charge in [-0.2, -0.15) is 0 Å². The van der Waals surface area contributed by atoms with Crippen molar-refractivity contribution in [2.75, 3.05) is 6.54 Å². The van der Waals surface area contributed by atoms with Gasteiger partial charge in [-0.3, -0.25) is 0 Å². The summed E-state index contributed by atoms with van der Waals surface area (Å²) in [5.74, 6) is 0. The topological polar surface area (TPSA) is 12.0 Å². The minimum atomic E-state index is 0.549. The van der Waals surface area contributed by atoms with Gasteiger partial charge in [0.1, 0.15) is 0 Å². The molecule has 0 aliphatic carbocycles. The highest BCUT2D eigenvalue weighted by molar-refractivity contribution is 5.10. The summed E-state index contributed by atoms with van der Waals surface area (Å²) >= 11 is 0. The lowest BCUT2D eigenvalue weighted by atomic mass is 10.1. The molecule has 0 aromatic rings. The summed E-state index contributed by atoms with van der Waals surface area (Å²) < 4.78 is 0. The van der Waals surface area contributed by atoms with Crippen LogP contribution in [0.25, 0.3) is 0 Å². The molecule has 0 saturated carbocycles. The molecule has 0 aliphatic rings. The first-order valence-corrected chi connectivity index (χ1v) is 4.85. The zero-order valence-electron chi connectivity index (χ0n) is 8.84. The standard InChI is InChI=1S/C12H21N/c1-5-7-10-13-12(4)9-8-11(3)6-2/h5-7,12-13H,2-3,8-10H2,1,4H3/b7-5-. The third kappa shape index (κ3) is 7.54. The second-order valence-corrected chi connectivity index (χ2v) is 3.28. The summed E-state index contributed by atoms with van der Waals surface area (Å²) in [7, 11) is 0. The van der Waals surface area contributed by atoms with Crippen LogP contribution in [0, 0.1) is 0 Å². The minimum Gasteiger partial charge on any atom is -0.311 e.